The number of aliphatic hydroxyl groups is 1. The number of aliphatic hydroxyl groups excluding tert-OH is 1. The molecule has 0 saturated heterocycles. The van der Waals surface area contributed by atoms with Gasteiger partial charge in [0.1, 0.15) is 0 Å². The molecule has 0 saturated carbocycles. The lowest BCUT2D eigenvalue weighted by atomic mass is 9.76. The third kappa shape index (κ3) is 1.93. The molecular formula is C10H14N2O5. The minimum absolute atomic E-state index is 0.438. The summed E-state index contributed by atoms with van der Waals surface area (Å²) in [6, 6.07) is 0. The molecule has 7 heteroatoms. The molecule has 0 amide bonds. The van der Waals surface area contributed by atoms with Crippen molar-refractivity contribution >= 4 is 0 Å². The Kier molecular flexibility index (Phi) is 3.62. The molecular weight excluding hydrogens is 228 g/mol. The summed E-state index contributed by atoms with van der Waals surface area (Å²) in [6.45, 7) is 3.33. The van der Waals surface area contributed by atoms with Crippen LogP contribution < -0.4 is 0 Å². The molecule has 1 rings (SSSR count). The van der Waals surface area contributed by atoms with E-state index in [9.17, 15) is 25.3 Å². The summed E-state index contributed by atoms with van der Waals surface area (Å²) in [4.78, 5) is 20.5. The van der Waals surface area contributed by atoms with Gasteiger partial charge in [0.05, 0.1) is 4.92 Å². The van der Waals surface area contributed by atoms with E-state index >= 15 is 0 Å². The zero-order valence-corrected chi connectivity index (χ0v) is 9.57. The van der Waals surface area contributed by atoms with Gasteiger partial charge in [-0.15, -0.1) is 0 Å². The molecule has 3 unspecified atom stereocenters. The zero-order chi connectivity index (χ0) is 13.2. The maximum atomic E-state index is 11.2. The molecule has 94 valence electrons. The fourth-order valence-corrected chi connectivity index (χ4v) is 1.98. The topological polar surface area (TPSA) is 107 Å². The maximum absolute atomic E-state index is 11.2. The smallest absolute Gasteiger partial charge is 0.282 e. The van der Waals surface area contributed by atoms with E-state index in [0.717, 1.165) is 6.08 Å². The Labute approximate surface area is 97.7 Å². The van der Waals surface area contributed by atoms with Crippen molar-refractivity contribution in [2.24, 2.45) is 5.92 Å². The molecule has 0 fully saturated rings. The minimum Gasteiger partial charge on any atom is -0.376 e. The molecule has 0 radical (unpaired) electrons. The van der Waals surface area contributed by atoms with Gasteiger partial charge >= 0.3 is 0 Å². The van der Waals surface area contributed by atoms with Crippen molar-refractivity contribution in [2.75, 3.05) is 0 Å². The zero-order valence-electron chi connectivity index (χ0n) is 9.57. The molecule has 0 aromatic carbocycles. The number of rotatable bonds is 4. The molecule has 0 spiro atoms. The van der Waals surface area contributed by atoms with Crippen LogP contribution in [0.1, 0.15) is 20.3 Å². The molecule has 1 N–H and O–H groups in total. The average Bonchev–Trinajstić information content (AvgIpc) is 2.27. The molecule has 7 nitrogen and oxygen atoms in total. The largest absolute Gasteiger partial charge is 0.376 e. The van der Waals surface area contributed by atoms with Gasteiger partial charge < -0.3 is 5.11 Å². The second kappa shape index (κ2) is 4.62. The van der Waals surface area contributed by atoms with Crippen LogP contribution in [0.3, 0.4) is 0 Å². The van der Waals surface area contributed by atoms with Crippen LogP contribution in [-0.2, 0) is 0 Å². The molecule has 0 aromatic heterocycles. The molecule has 1 aliphatic carbocycles. The van der Waals surface area contributed by atoms with Gasteiger partial charge in [-0.3, -0.25) is 20.2 Å². The van der Waals surface area contributed by atoms with Gasteiger partial charge in [0.15, 0.2) is 0 Å². The van der Waals surface area contributed by atoms with Crippen LogP contribution in [-0.4, -0.2) is 26.6 Å². The Balaban J connectivity index is 3.28. The highest BCUT2D eigenvalue weighted by Gasteiger charge is 2.57. The van der Waals surface area contributed by atoms with E-state index in [1.165, 1.54) is 12.2 Å². The maximum Gasteiger partial charge on any atom is 0.282 e. The summed E-state index contributed by atoms with van der Waals surface area (Å²) in [6.07, 6.45) is 2.30. The SMILES string of the molecule is CCC(C)C1([N+](=O)[O-])C=CC=C([N+](=O)[O-])C1O. The van der Waals surface area contributed by atoms with Crippen molar-refractivity contribution in [1.29, 1.82) is 0 Å². The predicted octanol–water partition coefficient (Wildman–Crippen LogP) is 1.14. The van der Waals surface area contributed by atoms with E-state index in [-0.39, 0.29) is 0 Å². The molecule has 0 bridgehead atoms. The van der Waals surface area contributed by atoms with Gasteiger partial charge in [-0.25, -0.2) is 0 Å². The van der Waals surface area contributed by atoms with Crippen LogP contribution in [0.5, 0.6) is 0 Å². The number of allylic oxidation sites excluding steroid dienone is 2. The van der Waals surface area contributed by atoms with Crippen LogP contribution in [0.25, 0.3) is 0 Å². The van der Waals surface area contributed by atoms with Crippen molar-refractivity contribution in [3.8, 4) is 0 Å². The van der Waals surface area contributed by atoms with Crippen molar-refractivity contribution in [2.45, 2.75) is 31.9 Å². The molecule has 17 heavy (non-hydrogen) atoms. The number of hydrogen-bond acceptors (Lipinski definition) is 5. The lowest BCUT2D eigenvalue weighted by Gasteiger charge is -2.31. The van der Waals surface area contributed by atoms with Gasteiger partial charge in [-0.05, 0) is 12.5 Å². The summed E-state index contributed by atoms with van der Waals surface area (Å²) in [7, 11) is 0. The van der Waals surface area contributed by atoms with E-state index in [2.05, 4.69) is 0 Å². The third-order valence-corrected chi connectivity index (χ3v) is 3.28. The molecule has 0 aliphatic heterocycles. The highest BCUT2D eigenvalue weighted by atomic mass is 16.6. The monoisotopic (exact) mass is 242 g/mol. The van der Waals surface area contributed by atoms with Crippen molar-refractivity contribution in [3.05, 3.63) is 44.2 Å². The Hall–Kier alpha value is -1.76. The lowest BCUT2D eigenvalue weighted by Crippen LogP contribution is -2.55. The average molecular weight is 242 g/mol. The number of hydrogen-bond donors (Lipinski definition) is 1. The fourth-order valence-electron chi connectivity index (χ4n) is 1.98. The first-order valence-electron chi connectivity index (χ1n) is 5.24. The van der Waals surface area contributed by atoms with Gasteiger partial charge in [0, 0.05) is 16.9 Å². The van der Waals surface area contributed by atoms with Crippen LogP contribution in [0.2, 0.25) is 0 Å². The number of nitro groups is 2. The summed E-state index contributed by atoms with van der Waals surface area (Å²) in [5, 5.41) is 31.8. The second-order valence-corrected chi connectivity index (χ2v) is 4.06. The van der Waals surface area contributed by atoms with E-state index in [4.69, 9.17) is 0 Å². The van der Waals surface area contributed by atoms with E-state index < -0.39 is 33.1 Å². The molecule has 3 atom stereocenters. The number of nitrogens with zero attached hydrogens (tertiary/aromatic N) is 2. The van der Waals surface area contributed by atoms with E-state index in [0.29, 0.717) is 6.42 Å². The van der Waals surface area contributed by atoms with Gasteiger partial charge in [-0.2, -0.15) is 0 Å². The quantitative estimate of drug-likeness (QED) is 0.587. The lowest BCUT2D eigenvalue weighted by molar-refractivity contribution is -0.584. The summed E-state index contributed by atoms with van der Waals surface area (Å²) in [5.41, 5.74) is -2.35. The summed E-state index contributed by atoms with van der Waals surface area (Å²) < 4.78 is 0. The Bertz CT molecular complexity index is 404. The normalized spacial score (nSPS) is 29.6. The second-order valence-electron chi connectivity index (χ2n) is 4.06. The highest BCUT2D eigenvalue weighted by Crippen LogP contribution is 2.35. The summed E-state index contributed by atoms with van der Waals surface area (Å²) in [5.74, 6) is -0.507. The minimum atomic E-state index is -1.81. The van der Waals surface area contributed by atoms with E-state index in [1.54, 1.807) is 13.8 Å². The highest BCUT2D eigenvalue weighted by molar-refractivity contribution is 5.27. The summed E-state index contributed by atoms with van der Waals surface area (Å²) >= 11 is 0. The Morgan fingerprint density at radius 3 is 2.53 bits per heavy atom. The van der Waals surface area contributed by atoms with Gasteiger partial charge in [0.2, 0.25) is 6.10 Å². The Morgan fingerprint density at radius 2 is 2.12 bits per heavy atom. The van der Waals surface area contributed by atoms with Crippen molar-refractivity contribution in [1.82, 2.24) is 0 Å². The third-order valence-electron chi connectivity index (χ3n) is 3.28. The van der Waals surface area contributed by atoms with Crippen molar-refractivity contribution < 1.29 is 15.0 Å². The van der Waals surface area contributed by atoms with Crippen LogP contribution in [0.15, 0.2) is 23.9 Å². The first-order valence-corrected chi connectivity index (χ1v) is 5.24. The first kappa shape index (κ1) is 13.3. The van der Waals surface area contributed by atoms with Crippen LogP contribution in [0.4, 0.5) is 0 Å². The first-order chi connectivity index (χ1) is 7.87. The standard InChI is InChI=1S/C10H14N2O5/c1-3-7(2)10(12(16)17)6-4-5-8(9(10)13)11(14)15/h4-7,9,13H,3H2,1-2H3. The molecule has 1 aliphatic rings. The van der Waals surface area contributed by atoms with Crippen molar-refractivity contribution in [3.63, 3.8) is 0 Å². The predicted molar refractivity (Wildman–Crippen MR) is 59.4 cm³/mol. The molecule has 0 heterocycles. The van der Waals surface area contributed by atoms with E-state index in [1.807, 2.05) is 0 Å². The molecule has 0 aromatic rings. The van der Waals surface area contributed by atoms with Gasteiger partial charge in [-0.1, -0.05) is 19.9 Å². The Morgan fingerprint density at radius 1 is 1.53 bits per heavy atom. The fraction of sp³-hybridized carbons (Fsp3) is 0.600. The van der Waals surface area contributed by atoms with Crippen LogP contribution >= 0.6 is 0 Å². The van der Waals surface area contributed by atoms with Gasteiger partial charge in [0.25, 0.3) is 11.2 Å². The van der Waals surface area contributed by atoms with Crippen LogP contribution in [0, 0.1) is 26.1 Å².